The van der Waals surface area contributed by atoms with Gasteiger partial charge in [0, 0.05) is 19.7 Å². The molecule has 84 valence electrons. The molecular formula is C11H24N2O. The van der Waals surface area contributed by atoms with E-state index in [1.807, 2.05) is 0 Å². The van der Waals surface area contributed by atoms with Gasteiger partial charge in [0.15, 0.2) is 0 Å². The van der Waals surface area contributed by atoms with E-state index in [0.717, 1.165) is 26.2 Å². The third kappa shape index (κ3) is 3.56. The Kier molecular flexibility index (Phi) is 4.35. The molecule has 0 aliphatic carbocycles. The molecule has 3 nitrogen and oxygen atoms in total. The Morgan fingerprint density at radius 2 is 2.21 bits per heavy atom. The molecule has 0 saturated carbocycles. The summed E-state index contributed by atoms with van der Waals surface area (Å²) >= 11 is 0. The van der Waals surface area contributed by atoms with Gasteiger partial charge in [0.25, 0.3) is 0 Å². The standard InChI is InChI=1S/C11H24N2O/c1-4-14-11(2,3)9-13-6-5-10(7-12)8-13/h10H,4-9,12H2,1-3H3. The van der Waals surface area contributed by atoms with Crippen molar-refractivity contribution in [1.29, 1.82) is 0 Å². The highest BCUT2D eigenvalue weighted by Gasteiger charge is 2.27. The first kappa shape index (κ1) is 12.0. The van der Waals surface area contributed by atoms with Crippen LogP contribution in [-0.4, -0.2) is 43.3 Å². The van der Waals surface area contributed by atoms with Gasteiger partial charge < -0.3 is 15.4 Å². The minimum Gasteiger partial charge on any atom is -0.375 e. The van der Waals surface area contributed by atoms with Crippen molar-refractivity contribution in [3.63, 3.8) is 0 Å². The molecule has 14 heavy (non-hydrogen) atoms. The fourth-order valence-electron chi connectivity index (χ4n) is 2.22. The van der Waals surface area contributed by atoms with E-state index in [-0.39, 0.29) is 5.60 Å². The van der Waals surface area contributed by atoms with Crippen molar-refractivity contribution >= 4 is 0 Å². The normalized spacial score (nSPS) is 24.4. The molecule has 0 bridgehead atoms. The van der Waals surface area contributed by atoms with Crippen LogP contribution in [-0.2, 0) is 4.74 Å². The molecule has 0 aromatic rings. The van der Waals surface area contributed by atoms with Crippen molar-refractivity contribution in [3.05, 3.63) is 0 Å². The van der Waals surface area contributed by atoms with Crippen LogP contribution in [0.15, 0.2) is 0 Å². The lowest BCUT2D eigenvalue weighted by Gasteiger charge is -2.30. The first-order valence-corrected chi connectivity index (χ1v) is 5.64. The van der Waals surface area contributed by atoms with Gasteiger partial charge in [-0.3, -0.25) is 0 Å². The van der Waals surface area contributed by atoms with E-state index in [4.69, 9.17) is 10.5 Å². The van der Waals surface area contributed by atoms with Crippen LogP contribution in [0.5, 0.6) is 0 Å². The highest BCUT2D eigenvalue weighted by molar-refractivity contribution is 4.81. The molecular weight excluding hydrogens is 176 g/mol. The number of hydrogen-bond acceptors (Lipinski definition) is 3. The van der Waals surface area contributed by atoms with Crippen LogP contribution in [0.2, 0.25) is 0 Å². The van der Waals surface area contributed by atoms with E-state index in [2.05, 4.69) is 25.7 Å². The van der Waals surface area contributed by atoms with E-state index < -0.39 is 0 Å². The Labute approximate surface area is 87.6 Å². The molecule has 1 fully saturated rings. The fraction of sp³-hybridized carbons (Fsp3) is 1.00. The molecule has 2 N–H and O–H groups in total. The molecule has 0 amide bonds. The van der Waals surface area contributed by atoms with Gasteiger partial charge in [-0.15, -0.1) is 0 Å². The predicted molar refractivity (Wildman–Crippen MR) is 59.3 cm³/mol. The fourth-order valence-corrected chi connectivity index (χ4v) is 2.22. The number of ether oxygens (including phenoxy) is 1. The maximum absolute atomic E-state index is 5.69. The summed E-state index contributed by atoms with van der Waals surface area (Å²) in [6.45, 7) is 11.3. The first-order valence-electron chi connectivity index (χ1n) is 5.64. The highest BCUT2D eigenvalue weighted by Crippen LogP contribution is 2.19. The zero-order valence-corrected chi connectivity index (χ0v) is 9.75. The quantitative estimate of drug-likeness (QED) is 0.722. The Morgan fingerprint density at radius 1 is 1.50 bits per heavy atom. The Balaban J connectivity index is 2.31. The summed E-state index contributed by atoms with van der Waals surface area (Å²) in [5.74, 6) is 0.701. The molecule has 0 spiro atoms. The van der Waals surface area contributed by atoms with E-state index in [1.54, 1.807) is 0 Å². The van der Waals surface area contributed by atoms with Gasteiger partial charge in [0.1, 0.15) is 0 Å². The molecule has 1 heterocycles. The molecule has 1 unspecified atom stereocenters. The van der Waals surface area contributed by atoms with Crippen molar-refractivity contribution in [2.24, 2.45) is 11.7 Å². The summed E-state index contributed by atoms with van der Waals surface area (Å²) < 4.78 is 5.69. The second kappa shape index (κ2) is 5.10. The molecule has 0 aromatic carbocycles. The van der Waals surface area contributed by atoms with Crippen molar-refractivity contribution in [2.45, 2.75) is 32.8 Å². The summed E-state index contributed by atoms with van der Waals surface area (Å²) in [7, 11) is 0. The van der Waals surface area contributed by atoms with Crippen LogP contribution in [0.4, 0.5) is 0 Å². The topological polar surface area (TPSA) is 38.5 Å². The van der Waals surface area contributed by atoms with Crippen molar-refractivity contribution in [1.82, 2.24) is 4.90 Å². The molecule has 0 aromatic heterocycles. The van der Waals surface area contributed by atoms with Gasteiger partial charge in [0.05, 0.1) is 5.60 Å². The minimum absolute atomic E-state index is 0.0156. The van der Waals surface area contributed by atoms with Gasteiger partial charge in [-0.25, -0.2) is 0 Å². The van der Waals surface area contributed by atoms with Crippen LogP contribution >= 0.6 is 0 Å². The van der Waals surface area contributed by atoms with Crippen molar-refractivity contribution in [3.8, 4) is 0 Å². The maximum atomic E-state index is 5.69. The molecule has 3 heteroatoms. The Hall–Kier alpha value is -0.120. The summed E-state index contributed by atoms with van der Waals surface area (Å²) in [6.07, 6.45) is 1.25. The minimum atomic E-state index is -0.0156. The summed E-state index contributed by atoms with van der Waals surface area (Å²) in [6, 6.07) is 0. The second-order valence-corrected chi connectivity index (χ2v) is 4.82. The van der Waals surface area contributed by atoms with Crippen molar-refractivity contribution < 1.29 is 4.74 Å². The van der Waals surface area contributed by atoms with Gasteiger partial charge in [-0.05, 0) is 46.2 Å². The number of hydrogen-bond donors (Lipinski definition) is 1. The van der Waals surface area contributed by atoms with Gasteiger partial charge >= 0.3 is 0 Å². The lowest BCUT2D eigenvalue weighted by Crippen LogP contribution is -2.40. The molecule has 1 rings (SSSR count). The average molecular weight is 200 g/mol. The predicted octanol–water partition coefficient (Wildman–Crippen LogP) is 1.08. The van der Waals surface area contributed by atoms with Gasteiger partial charge in [0.2, 0.25) is 0 Å². The van der Waals surface area contributed by atoms with Crippen LogP contribution in [0.1, 0.15) is 27.2 Å². The molecule has 0 radical (unpaired) electrons. The molecule has 1 aliphatic rings. The summed E-state index contributed by atoms with van der Waals surface area (Å²) in [5.41, 5.74) is 5.64. The lowest BCUT2D eigenvalue weighted by atomic mass is 10.1. The first-order chi connectivity index (χ1) is 6.57. The largest absolute Gasteiger partial charge is 0.375 e. The van der Waals surface area contributed by atoms with E-state index in [9.17, 15) is 0 Å². The van der Waals surface area contributed by atoms with Crippen molar-refractivity contribution in [2.75, 3.05) is 32.8 Å². The third-order valence-electron chi connectivity index (χ3n) is 2.84. The zero-order chi connectivity index (χ0) is 10.6. The number of nitrogens with two attached hydrogens (primary N) is 1. The van der Waals surface area contributed by atoms with E-state index in [1.165, 1.54) is 13.0 Å². The molecule has 1 aliphatic heterocycles. The van der Waals surface area contributed by atoms with Gasteiger partial charge in [-0.2, -0.15) is 0 Å². The third-order valence-corrected chi connectivity index (χ3v) is 2.84. The SMILES string of the molecule is CCOC(C)(C)CN1CCC(CN)C1. The lowest BCUT2D eigenvalue weighted by molar-refractivity contribution is -0.0306. The Bertz CT molecular complexity index is 171. The molecule has 1 saturated heterocycles. The summed E-state index contributed by atoms with van der Waals surface area (Å²) in [5, 5.41) is 0. The maximum Gasteiger partial charge on any atom is 0.0752 e. The number of likely N-dealkylation sites (tertiary alicyclic amines) is 1. The highest BCUT2D eigenvalue weighted by atomic mass is 16.5. The van der Waals surface area contributed by atoms with Crippen LogP contribution < -0.4 is 5.73 Å². The number of nitrogens with zero attached hydrogens (tertiary/aromatic N) is 1. The van der Waals surface area contributed by atoms with Gasteiger partial charge in [-0.1, -0.05) is 0 Å². The Morgan fingerprint density at radius 3 is 2.71 bits per heavy atom. The van der Waals surface area contributed by atoms with Crippen LogP contribution in [0.25, 0.3) is 0 Å². The zero-order valence-electron chi connectivity index (χ0n) is 9.75. The van der Waals surface area contributed by atoms with Crippen LogP contribution in [0, 0.1) is 5.92 Å². The second-order valence-electron chi connectivity index (χ2n) is 4.82. The summed E-state index contributed by atoms with van der Waals surface area (Å²) in [4.78, 5) is 2.47. The number of rotatable bonds is 5. The van der Waals surface area contributed by atoms with Crippen LogP contribution in [0.3, 0.4) is 0 Å². The molecule has 1 atom stereocenters. The monoisotopic (exact) mass is 200 g/mol. The average Bonchev–Trinajstić information content (AvgIpc) is 2.51. The van der Waals surface area contributed by atoms with E-state index in [0.29, 0.717) is 5.92 Å². The van der Waals surface area contributed by atoms with E-state index >= 15 is 0 Å². The smallest absolute Gasteiger partial charge is 0.0752 e.